The molecule has 1 N–H and O–H groups in total. The lowest BCUT2D eigenvalue weighted by Gasteiger charge is -2.29. The van der Waals surface area contributed by atoms with Gasteiger partial charge in [0.25, 0.3) is 11.6 Å². The SMILES string of the molecule is CC(C)CN1C(=O)C(C)(C)COc2ccc(NC(=O)c3ccc([N+](=O)[O-])cc3)cc21. The minimum Gasteiger partial charge on any atom is -0.490 e. The maximum atomic E-state index is 13.1. The minimum absolute atomic E-state index is 0.0335. The third-order valence-corrected chi connectivity index (χ3v) is 4.81. The van der Waals surface area contributed by atoms with Gasteiger partial charge in [0.05, 0.1) is 16.0 Å². The van der Waals surface area contributed by atoms with Gasteiger partial charge in [-0.25, -0.2) is 0 Å². The summed E-state index contributed by atoms with van der Waals surface area (Å²) in [6.07, 6.45) is 0. The van der Waals surface area contributed by atoms with E-state index in [9.17, 15) is 19.7 Å². The summed E-state index contributed by atoms with van der Waals surface area (Å²) in [6, 6.07) is 10.5. The number of benzene rings is 2. The van der Waals surface area contributed by atoms with Crippen molar-refractivity contribution in [3.63, 3.8) is 0 Å². The molecule has 0 unspecified atom stereocenters. The topological polar surface area (TPSA) is 102 Å². The first-order chi connectivity index (χ1) is 14.1. The van der Waals surface area contributed by atoms with Crippen LogP contribution in [0.25, 0.3) is 0 Å². The Bertz CT molecular complexity index is 983. The Hall–Kier alpha value is -3.42. The van der Waals surface area contributed by atoms with Gasteiger partial charge < -0.3 is 15.0 Å². The summed E-state index contributed by atoms with van der Waals surface area (Å²) in [6.45, 7) is 8.57. The number of hydrogen-bond donors (Lipinski definition) is 1. The maximum absolute atomic E-state index is 13.1. The number of anilines is 2. The molecule has 2 aromatic carbocycles. The predicted molar refractivity (Wildman–Crippen MR) is 114 cm³/mol. The van der Waals surface area contributed by atoms with E-state index in [2.05, 4.69) is 5.32 Å². The van der Waals surface area contributed by atoms with Crippen molar-refractivity contribution in [1.82, 2.24) is 0 Å². The van der Waals surface area contributed by atoms with E-state index in [4.69, 9.17) is 4.74 Å². The number of rotatable bonds is 5. The molecule has 8 heteroatoms. The number of nitrogens with zero attached hydrogens (tertiary/aromatic N) is 2. The van der Waals surface area contributed by atoms with Crippen molar-refractivity contribution >= 4 is 28.9 Å². The molecule has 2 aromatic rings. The van der Waals surface area contributed by atoms with Crippen LogP contribution in [0.3, 0.4) is 0 Å². The molecule has 0 saturated heterocycles. The molecular weight excluding hydrogens is 386 g/mol. The first-order valence-corrected chi connectivity index (χ1v) is 9.73. The smallest absolute Gasteiger partial charge is 0.269 e. The summed E-state index contributed by atoms with van der Waals surface area (Å²) in [5.41, 5.74) is 0.653. The number of carbonyl (C=O) groups excluding carboxylic acids is 2. The van der Waals surface area contributed by atoms with Crippen molar-refractivity contribution in [3.05, 3.63) is 58.1 Å². The highest BCUT2D eigenvalue weighted by molar-refractivity contribution is 6.05. The first kappa shape index (κ1) is 21.3. The molecule has 1 aliphatic rings. The number of fused-ring (bicyclic) bond motifs is 1. The van der Waals surface area contributed by atoms with E-state index in [-0.39, 0.29) is 24.1 Å². The number of non-ortho nitro benzene ring substituents is 1. The van der Waals surface area contributed by atoms with Crippen LogP contribution in [-0.4, -0.2) is 29.9 Å². The first-order valence-electron chi connectivity index (χ1n) is 9.73. The molecule has 1 heterocycles. The summed E-state index contributed by atoms with van der Waals surface area (Å²) < 4.78 is 5.89. The molecule has 0 atom stereocenters. The highest BCUT2D eigenvalue weighted by Crippen LogP contribution is 2.38. The molecule has 0 radical (unpaired) electrons. The Labute approximate surface area is 175 Å². The summed E-state index contributed by atoms with van der Waals surface area (Å²) in [4.78, 5) is 37.7. The second-order valence-electron chi connectivity index (χ2n) is 8.42. The van der Waals surface area contributed by atoms with E-state index in [1.165, 1.54) is 24.3 Å². The van der Waals surface area contributed by atoms with Crippen LogP contribution in [0.5, 0.6) is 5.75 Å². The van der Waals surface area contributed by atoms with Gasteiger partial charge in [-0.3, -0.25) is 19.7 Å². The van der Waals surface area contributed by atoms with Crippen LogP contribution in [0.1, 0.15) is 38.1 Å². The van der Waals surface area contributed by atoms with E-state index in [1.807, 2.05) is 27.7 Å². The number of ether oxygens (including phenoxy) is 1. The number of nitro groups is 1. The van der Waals surface area contributed by atoms with Crippen molar-refractivity contribution in [3.8, 4) is 5.75 Å². The van der Waals surface area contributed by atoms with E-state index >= 15 is 0 Å². The molecule has 30 heavy (non-hydrogen) atoms. The molecular formula is C22H25N3O5. The van der Waals surface area contributed by atoms with Gasteiger partial charge in [-0.15, -0.1) is 0 Å². The van der Waals surface area contributed by atoms with Crippen LogP contribution < -0.4 is 15.0 Å². The van der Waals surface area contributed by atoms with Gasteiger partial charge >= 0.3 is 0 Å². The van der Waals surface area contributed by atoms with Crippen molar-refractivity contribution < 1.29 is 19.2 Å². The maximum Gasteiger partial charge on any atom is 0.269 e. The zero-order valence-electron chi connectivity index (χ0n) is 17.5. The molecule has 2 amide bonds. The van der Waals surface area contributed by atoms with E-state index in [0.29, 0.717) is 29.2 Å². The molecule has 158 valence electrons. The standard InChI is InChI=1S/C22H25N3O5/c1-14(2)12-24-18-11-16(7-10-19(18)30-13-22(3,4)21(24)27)23-20(26)15-5-8-17(9-6-15)25(28)29/h5-11,14H,12-13H2,1-4H3,(H,23,26). The van der Waals surface area contributed by atoms with Gasteiger partial charge in [0, 0.05) is 29.9 Å². The number of carbonyl (C=O) groups is 2. The average Bonchev–Trinajstić information content (AvgIpc) is 2.78. The largest absolute Gasteiger partial charge is 0.490 e. The summed E-state index contributed by atoms with van der Waals surface area (Å²) >= 11 is 0. The zero-order valence-corrected chi connectivity index (χ0v) is 17.5. The number of amides is 2. The van der Waals surface area contributed by atoms with E-state index < -0.39 is 16.2 Å². The third-order valence-electron chi connectivity index (χ3n) is 4.81. The highest BCUT2D eigenvalue weighted by atomic mass is 16.6. The van der Waals surface area contributed by atoms with Crippen molar-refractivity contribution in [2.75, 3.05) is 23.4 Å². The van der Waals surface area contributed by atoms with Gasteiger partial charge in [-0.05, 0) is 50.1 Å². The van der Waals surface area contributed by atoms with Crippen molar-refractivity contribution in [1.29, 1.82) is 0 Å². The minimum atomic E-state index is -0.671. The molecule has 3 rings (SSSR count). The average molecular weight is 411 g/mol. The van der Waals surface area contributed by atoms with Crippen LogP contribution in [-0.2, 0) is 4.79 Å². The van der Waals surface area contributed by atoms with Crippen molar-refractivity contribution in [2.45, 2.75) is 27.7 Å². The van der Waals surface area contributed by atoms with Crippen LogP contribution >= 0.6 is 0 Å². The van der Waals surface area contributed by atoms with E-state index in [0.717, 1.165) is 0 Å². The van der Waals surface area contributed by atoms with Crippen LogP contribution in [0.15, 0.2) is 42.5 Å². The fourth-order valence-corrected chi connectivity index (χ4v) is 3.21. The van der Waals surface area contributed by atoms with E-state index in [1.54, 1.807) is 23.1 Å². The second-order valence-corrected chi connectivity index (χ2v) is 8.42. The van der Waals surface area contributed by atoms with Crippen molar-refractivity contribution in [2.24, 2.45) is 11.3 Å². The normalized spacial score (nSPS) is 15.2. The molecule has 0 saturated carbocycles. The number of nitrogens with one attached hydrogen (secondary N) is 1. The molecule has 0 spiro atoms. The van der Waals surface area contributed by atoms with Crippen LogP contribution in [0.4, 0.5) is 17.1 Å². The van der Waals surface area contributed by atoms with Gasteiger partial charge in [-0.2, -0.15) is 0 Å². The fraction of sp³-hybridized carbons (Fsp3) is 0.364. The molecule has 0 aromatic heterocycles. The summed E-state index contributed by atoms with van der Waals surface area (Å²) in [7, 11) is 0. The monoisotopic (exact) mass is 411 g/mol. The third kappa shape index (κ3) is 4.42. The Balaban J connectivity index is 1.89. The quantitative estimate of drug-likeness (QED) is 0.585. The van der Waals surface area contributed by atoms with Gasteiger partial charge in [0.1, 0.15) is 12.4 Å². The zero-order chi connectivity index (χ0) is 22.1. The molecule has 0 aliphatic carbocycles. The van der Waals surface area contributed by atoms with Crippen LogP contribution in [0, 0.1) is 21.4 Å². The lowest BCUT2D eigenvalue weighted by atomic mass is 9.92. The Morgan fingerprint density at radius 3 is 2.50 bits per heavy atom. The lowest BCUT2D eigenvalue weighted by molar-refractivity contribution is -0.384. The predicted octanol–water partition coefficient (Wildman–Crippen LogP) is 4.25. The van der Waals surface area contributed by atoms with Gasteiger partial charge in [-0.1, -0.05) is 13.8 Å². The van der Waals surface area contributed by atoms with Crippen LogP contribution in [0.2, 0.25) is 0 Å². The second kappa shape index (κ2) is 8.14. The Morgan fingerprint density at radius 1 is 1.23 bits per heavy atom. The highest BCUT2D eigenvalue weighted by Gasteiger charge is 2.38. The Morgan fingerprint density at radius 2 is 1.90 bits per heavy atom. The number of nitro benzene ring substituents is 1. The van der Waals surface area contributed by atoms with Gasteiger partial charge in [0.15, 0.2) is 0 Å². The Kier molecular flexibility index (Phi) is 5.78. The van der Waals surface area contributed by atoms with Gasteiger partial charge in [0.2, 0.25) is 5.91 Å². The molecule has 0 fully saturated rings. The summed E-state index contributed by atoms with van der Waals surface area (Å²) in [5.74, 6) is 0.396. The summed E-state index contributed by atoms with van der Waals surface area (Å²) in [5, 5.41) is 13.6. The number of hydrogen-bond acceptors (Lipinski definition) is 5. The molecule has 1 aliphatic heterocycles. The fourth-order valence-electron chi connectivity index (χ4n) is 3.21. The molecule has 8 nitrogen and oxygen atoms in total. The lowest BCUT2D eigenvalue weighted by Crippen LogP contribution is -2.43. The molecule has 0 bridgehead atoms.